The van der Waals surface area contributed by atoms with Gasteiger partial charge in [-0.2, -0.15) is 0 Å². The molecule has 2 heterocycles. The van der Waals surface area contributed by atoms with Crippen molar-refractivity contribution in [2.75, 3.05) is 23.3 Å². The lowest BCUT2D eigenvalue weighted by molar-refractivity contribution is 0.0952. The lowest BCUT2D eigenvalue weighted by atomic mass is 10.1. The van der Waals surface area contributed by atoms with Crippen molar-refractivity contribution in [2.45, 2.75) is 31.3 Å². The first-order valence-electron chi connectivity index (χ1n) is 10.0. The summed E-state index contributed by atoms with van der Waals surface area (Å²) in [5.41, 5.74) is 2.75. The normalized spacial score (nSPS) is 19.0. The third kappa shape index (κ3) is 3.52. The van der Waals surface area contributed by atoms with E-state index in [1.165, 1.54) is 0 Å². The van der Waals surface area contributed by atoms with Gasteiger partial charge in [-0.25, -0.2) is 4.98 Å². The van der Waals surface area contributed by atoms with Gasteiger partial charge in [0, 0.05) is 36.2 Å². The predicted molar refractivity (Wildman–Crippen MR) is 113 cm³/mol. The summed E-state index contributed by atoms with van der Waals surface area (Å²) in [7, 11) is 0. The van der Waals surface area contributed by atoms with Crippen LogP contribution in [0.4, 0.5) is 11.5 Å². The van der Waals surface area contributed by atoms with Crippen molar-refractivity contribution in [3.8, 4) is 0 Å². The van der Waals surface area contributed by atoms with Crippen LogP contribution in [0.5, 0.6) is 0 Å². The van der Waals surface area contributed by atoms with Crippen molar-refractivity contribution in [2.24, 2.45) is 0 Å². The minimum atomic E-state index is 0.0144. The SMILES string of the molecule is O=C(NC1CC1)c1cc(N2CCC(Nc3ccccc3)C2)nc2ccccc12. The van der Waals surface area contributed by atoms with Crippen LogP contribution in [-0.2, 0) is 0 Å². The average molecular weight is 372 g/mol. The Balaban J connectivity index is 1.40. The van der Waals surface area contributed by atoms with Gasteiger partial charge in [0.2, 0.25) is 0 Å². The molecule has 2 N–H and O–H groups in total. The molecule has 1 amide bonds. The number of pyridine rings is 1. The smallest absolute Gasteiger partial charge is 0.252 e. The maximum absolute atomic E-state index is 12.8. The van der Waals surface area contributed by atoms with Crippen molar-refractivity contribution in [1.29, 1.82) is 0 Å². The van der Waals surface area contributed by atoms with Gasteiger partial charge in [-0.15, -0.1) is 0 Å². The Morgan fingerprint density at radius 3 is 2.57 bits per heavy atom. The monoisotopic (exact) mass is 372 g/mol. The quantitative estimate of drug-likeness (QED) is 0.715. The van der Waals surface area contributed by atoms with Crippen molar-refractivity contribution < 1.29 is 4.79 Å². The molecule has 2 aliphatic rings. The van der Waals surface area contributed by atoms with E-state index in [9.17, 15) is 4.79 Å². The van der Waals surface area contributed by atoms with Crippen LogP contribution in [0.2, 0.25) is 0 Å². The predicted octanol–water partition coefficient (Wildman–Crippen LogP) is 3.82. The van der Waals surface area contributed by atoms with Crippen LogP contribution < -0.4 is 15.5 Å². The number of benzene rings is 2. The van der Waals surface area contributed by atoms with Gasteiger partial charge >= 0.3 is 0 Å². The second-order valence-corrected chi connectivity index (χ2v) is 7.73. The fourth-order valence-electron chi connectivity index (χ4n) is 3.86. The Kier molecular flexibility index (Phi) is 4.35. The number of carbonyl (C=O) groups excluding carboxylic acids is 1. The van der Waals surface area contributed by atoms with E-state index < -0.39 is 0 Å². The van der Waals surface area contributed by atoms with Gasteiger partial charge in [-0.05, 0) is 43.5 Å². The van der Waals surface area contributed by atoms with Crippen molar-refractivity contribution in [3.63, 3.8) is 0 Å². The van der Waals surface area contributed by atoms with Gasteiger partial charge in [-0.3, -0.25) is 4.79 Å². The molecule has 2 fully saturated rings. The number of rotatable bonds is 5. The zero-order valence-electron chi connectivity index (χ0n) is 15.8. The third-order valence-corrected chi connectivity index (χ3v) is 5.52. The number of amides is 1. The zero-order chi connectivity index (χ0) is 18.9. The van der Waals surface area contributed by atoms with E-state index in [-0.39, 0.29) is 5.91 Å². The zero-order valence-corrected chi connectivity index (χ0v) is 15.8. The number of nitrogens with one attached hydrogen (secondary N) is 2. The van der Waals surface area contributed by atoms with Crippen LogP contribution >= 0.6 is 0 Å². The Morgan fingerprint density at radius 1 is 0.964 bits per heavy atom. The topological polar surface area (TPSA) is 57.3 Å². The first-order chi connectivity index (χ1) is 13.8. The molecule has 5 nitrogen and oxygen atoms in total. The Labute approximate surface area is 164 Å². The van der Waals surface area contributed by atoms with Crippen LogP contribution in [0.3, 0.4) is 0 Å². The van der Waals surface area contributed by atoms with Gasteiger partial charge in [0.15, 0.2) is 0 Å². The van der Waals surface area contributed by atoms with Crippen LogP contribution in [0.15, 0.2) is 60.7 Å². The fraction of sp³-hybridized carbons (Fsp3) is 0.304. The number of nitrogens with zero attached hydrogens (tertiary/aromatic N) is 2. The number of para-hydroxylation sites is 2. The lowest BCUT2D eigenvalue weighted by Gasteiger charge is -2.20. The van der Waals surface area contributed by atoms with Gasteiger partial charge < -0.3 is 15.5 Å². The highest BCUT2D eigenvalue weighted by Crippen LogP contribution is 2.27. The molecule has 1 saturated carbocycles. The molecule has 0 radical (unpaired) electrons. The van der Waals surface area contributed by atoms with Crippen molar-refractivity contribution >= 4 is 28.3 Å². The average Bonchev–Trinajstić information content (AvgIpc) is 3.42. The minimum absolute atomic E-state index is 0.0144. The highest BCUT2D eigenvalue weighted by atomic mass is 16.1. The first-order valence-corrected chi connectivity index (χ1v) is 10.0. The van der Waals surface area contributed by atoms with Crippen molar-refractivity contribution in [3.05, 3.63) is 66.2 Å². The summed E-state index contributed by atoms with van der Waals surface area (Å²) in [5.74, 6) is 0.900. The maximum Gasteiger partial charge on any atom is 0.252 e. The number of aromatic nitrogens is 1. The molecule has 5 heteroatoms. The Morgan fingerprint density at radius 2 is 1.75 bits per heavy atom. The molecule has 142 valence electrons. The van der Waals surface area contributed by atoms with Crippen LogP contribution in [0.25, 0.3) is 10.9 Å². The molecule has 1 aliphatic carbocycles. The van der Waals surface area contributed by atoms with E-state index in [4.69, 9.17) is 4.98 Å². The second kappa shape index (κ2) is 7.15. The highest BCUT2D eigenvalue weighted by molar-refractivity contribution is 6.07. The molecule has 0 bridgehead atoms. The Bertz CT molecular complexity index is 1000. The third-order valence-electron chi connectivity index (χ3n) is 5.52. The van der Waals surface area contributed by atoms with Gasteiger partial charge in [0.1, 0.15) is 5.82 Å². The molecule has 2 aromatic carbocycles. The maximum atomic E-state index is 12.8. The summed E-state index contributed by atoms with van der Waals surface area (Å²) < 4.78 is 0. The van der Waals surface area contributed by atoms with E-state index in [0.29, 0.717) is 12.1 Å². The van der Waals surface area contributed by atoms with E-state index in [2.05, 4.69) is 27.7 Å². The summed E-state index contributed by atoms with van der Waals surface area (Å²) in [6, 6.07) is 20.9. The molecular formula is C23H24N4O. The number of carbonyl (C=O) groups is 1. The van der Waals surface area contributed by atoms with E-state index in [1.54, 1.807) is 0 Å². The van der Waals surface area contributed by atoms with Gasteiger partial charge in [0.05, 0.1) is 11.1 Å². The van der Waals surface area contributed by atoms with Crippen LogP contribution in [0, 0.1) is 0 Å². The largest absolute Gasteiger partial charge is 0.380 e. The molecule has 1 atom stereocenters. The second-order valence-electron chi connectivity index (χ2n) is 7.73. The Hall–Kier alpha value is -3.08. The summed E-state index contributed by atoms with van der Waals surface area (Å²) >= 11 is 0. The summed E-state index contributed by atoms with van der Waals surface area (Å²) in [6.07, 6.45) is 3.22. The van der Waals surface area contributed by atoms with Crippen molar-refractivity contribution in [1.82, 2.24) is 10.3 Å². The minimum Gasteiger partial charge on any atom is -0.380 e. The molecule has 1 saturated heterocycles. The number of hydrogen-bond donors (Lipinski definition) is 2. The lowest BCUT2D eigenvalue weighted by Crippen LogP contribution is -2.28. The molecule has 0 spiro atoms. The molecule has 5 rings (SSSR count). The molecule has 1 aromatic heterocycles. The number of hydrogen-bond acceptors (Lipinski definition) is 4. The molecular weight excluding hydrogens is 348 g/mol. The molecule has 1 unspecified atom stereocenters. The number of anilines is 2. The van der Waals surface area contributed by atoms with E-state index in [1.807, 2.05) is 48.5 Å². The molecule has 1 aliphatic heterocycles. The number of fused-ring (bicyclic) bond motifs is 1. The molecule has 3 aromatic rings. The van der Waals surface area contributed by atoms with Crippen LogP contribution in [-0.4, -0.2) is 36.1 Å². The van der Waals surface area contributed by atoms with E-state index in [0.717, 1.165) is 60.3 Å². The first kappa shape index (κ1) is 17.0. The molecule has 28 heavy (non-hydrogen) atoms. The van der Waals surface area contributed by atoms with Crippen LogP contribution in [0.1, 0.15) is 29.6 Å². The summed E-state index contributed by atoms with van der Waals surface area (Å²) in [6.45, 7) is 1.81. The fourth-order valence-corrected chi connectivity index (χ4v) is 3.86. The summed E-state index contributed by atoms with van der Waals surface area (Å²) in [4.78, 5) is 19.9. The standard InChI is InChI=1S/C23H24N4O/c28-23(25-17-10-11-17)20-14-22(26-21-9-5-4-8-19(20)21)27-13-12-18(15-27)24-16-6-2-1-3-7-16/h1-9,14,17-18,24H,10-13,15H2,(H,25,28). The highest BCUT2D eigenvalue weighted by Gasteiger charge is 2.27. The summed E-state index contributed by atoms with van der Waals surface area (Å²) in [5, 5.41) is 7.64. The van der Waals surface area contributed by atoms with Gasteiger partial charge in [-0.1, -0.05) is 36.4 Å². The van der Waals surface area contributed by atoms with E-state index >= 15 is 0 Å². The van der Waals surface area contributed by atoms with Gasteiger partial charge in [0.25, 0.3) is 5.91 Å².